The highest BCUT2D eigenvalue weighted by molar-refractivity contribution is 4.73. The Hall–Kier alpha value is -0.340. The zero-order chi connectivity index (χ0) is 11.6. The van der Waals surface area contributed by atoms with Crippen molar-refractivity contribution in [1.29, 1.82) is 0 Å². The molecule has 0 aromatic carbocycles. The van der Waals surface area contributed by atoms with E-state index in [2.05, 4.69) is 18.8 Å². The van der Waals surface area contributed by atoms with Crippen molar-refractivity contribution in [2.75, 3.05) is 13.2 Å². The van der Waals surface area contributed by atoms with Gasteiger partial charge in [0.15, 0.2) is 0 Å². The van der Waals surface area contributed by atoms with E-state index in [9.17, 15) is 0 Å². The summed E-state index contributed by atoms with van der Waals surface area (Å²) >= 11 is 0. The topological polar surface area (TPSA) is 21.3 Å². The third-order valence-electron chi connectivity index (χ3n) is 3.25. The molecule has 2 heteroatoms. The number of unbranched alkanes of at least 4 members (excludes halogenated alkanes) is 1. The Balaban J connectivity index is 1.96. The summed E-state index contributed by atoms with van der Waals surface area (Å²) in [6, 6.07) is 0.743. The first kappa shape index (κ1) is 13.7. The molecular weight excluding hydrogens is 198 g/mol. The van der Waals surface area contributed by atoms with Gasteiger partial charge in [0.2, 0.25) is 0 Å². The minimum atomic E-state index is 0.340. The highest BCUT2D eigenvalue weighted by atomic mass is 16.5. The van der Waals surface area contributed by atoms with E-state index >= 15 is 0 Å². The molecule has 0 radical (unpaired) electrons. The number of ether oxygens (including phenoxy) is 1. The molecule has 0 aliphatic heterocycles. The Bertz CT molecular complexity index is 176. The van der Waals surface area contributed by atoms with Crippen LogP contribution in [-0.2, 0) is 4.74 Å². The van der Waals surface area contributed by atoms with E-state index < -0.39 is 0 Å². The van der Waals surface area contributed by atoms with Gasteiger partial charge in [-0.25, -0.2) is 0 Å². The number of rotatable bonds is 8. The molecule has 0 spiro atoms. The van der Waals surface area contributed by atoms with Crippen LogP contribution in [-0.4, -0.2) is 25.3 Å². The van der Waals surface area contributed by atoms with E-state index in [1.165, 1.54) is 32.1 Å². The van der Waals surface area contributed by atoms with Crippen molar-refractivity contribution in [3.63, 3.8) is 0 Å². The van der Waals surface area contributed by atoms with Crippen LogP contribution in [0, 0.1) is 0 Å². The van der Waals surface area contributed by atoms with Gasteiger partial charge in [0.05, 0.1) is 6.10 Å². The summed E-state index contributed by atoms with van der Waals surface area (Å²) in [7, 11) is 0. The molecule has 0 heterocycles. The van der Waals surface area contributed by atoms with Gasteiger partial charge in [0.1, 0.15) is 0 Å². The number of nitrogens with one attached hydrogen (secondary N) is 1. The number of allylic oxidation sites excluding steroid dienone is 1. The fourth-order valence-corrected chi connectivity index (χ4v) is 2.21. The maximum absolute atomic E-state index is 5.72. The minimum absolute atomic E-state index is 0.340. The largest absolute Gasteiger partial charge is 0.377 e. The van der Waals surface area contributed by atoms with E-state index in [0.29, 0.717) is 6.10 Å². The second-order valence-electron chi connectivity index (χ2n) is 4.86. The van der Waals surface area contributed by atoms with Gasteiger partial charge in [-0.2, -0.15) is 0 Å². The maximum Gasteiger partial charge on any atom is 0.0671 e. The second kappa shape index (κ2) is 8.77. The summed E-state index contributed by atoms with van der Waals surface area (Å²) in [5.74, 6) is 0. The molecule has 1 fully saturated rings. The van der Waals surface area contributed by atoms with Crippen molar-refractivity contribution in [3.05, 3.63) is 12.7 Å². The first-order chi connectivity index (χ1) is 7.83. The lowest BCUT2D eigenvalue weighted by molar-refractivity contribution is 0.0617. The van der Waals surface area contributed by atoms with Gasteiger partial charge in [-0.1, -0.05) is 25.3 Å². The van der Waals surface area contributed by atoms with Gasteiger partial charge in [0.25, 0.3) is 0 Å². The van der Waals surface area contributed by atoms with Crippen LogP contribution in [0.4, 0.5) is 0 Å². The number of hydrogen-bond donors (Lipinski definition) is 1. The standard InChI is InChI=1S/C14H27NO/c1-3-4-8-11-16-13(2)12-15-14-9-6-5-7-10-14/h3,13-15H,1,4-12H2,2H3. The molecule has 16 heavy (non-hydrogen) atoms. The average Bonchev–Trinajstić information content (AvgIpc) is 2.33. The van der Waals surface area contributed by atoms with Gasteiger partial charge in [-0.05, 0) is 32.6 Å². The molecule has 0 aromatic heterocycles. The third kappa shape index (κ3) is 6.29. The van der Waals surface area contributed by atoms with E-state index in [-0.39, 0.29) is 0 Å². The van der Waals surface area contributed by atoms with Gasteiger partial charge < -0.3 is 10.1 Å². The third-order valence-corrected chi connectivity index (χ3v) is 3.25. The zero-order valence-electron chi connectivity index (χ0n) is 10.7. The van der Waals surface area contributed by atoms with E-state index in [1.807, 2.05) is 6.08 Å². The minimum Gasteiger partial charge on any atom is -0.377 e. The van der Waals surface area contributed by atoms with Gasteiger partial charge in [-0.3, -0.25) is 0 Å². The van der Waals surface area contributed by atoms with Crippen molar-refractivity contribution in [1.82, 2.24) is 5.32 Å². The van der Waals surface area contributed by atoms with Crippen LogP contribution in [0.1, 0.15) is 51.9 Å². The van der Waals surface area contributed by atoms with Crippen LogP contribution in [0.25, 0.3) is 0 Å². The Morgan fingerprint density at radius 1 is 1.38 bits per heavy atom. The van der Waals surface area contributed by atoms with Crippen molar-refractivity contribution in [2.45, 2.75) is 64.0 Å². The fraction of sp³-hybridized carbons (Fsp3) is 0.857. The van der Waals surface area contributed by atoms with Crippen LogP contribution < -0.4 is 5.32 Å². The molecule has 1 atom stereocenters. The summed E-state index contributed by atoms with van der Waals surface area (Å²) < 4.78 is 5.72. The molecule has 1 N–H and O–H groups in total. The Morgan fingerprint density at radius 3 is 2.81 bits per heavy atom. The van der Waals surface area contributed by atoms with E-state index in [4.69, 9.17) is 4.74 Å². The summed E-state index contributed by atoms with van der Waals surface area (Å²) in [6.45, 7) is 7.72. The maximum atomic E-state index is 5.72. The smallest absolute Gasteiger partial charge is 0.0671 e. The lowest BCUT2D eigenvalue weighted by atomic mass is 9.95. The lowest BCUT2D eigenvalue weighted by Crippen LogP contribution is -2.36. The van der Waals surface area contributed by atoms with Crippen LogP contribution in [0.2, 0.25) is 0 Å². The van der Waals surface area contributed by atoms with E-state index in [1.54, 1.807) is 0 Å². The predicted molar refractivity (Wildman–Crippen MR) is 69.7 cm³/mol. The first-order valence-electron chi connectivity index (χ1n) is 6.79. The van der Waals surface area contributed by atoms with Crippen LogP contribution in [0.5, 0.6) is 0 Å². The molecular formula is C14H27NO. The van der Waals surface area contributed by atoms with Crippen molar-refractivity contribution < 1.29 is 4.74 Å². The van der Waals surface area contributed by atoms with Crippen molar-refractivity contribution >= 4 is 0 Å². The Labute approximate surface area is 100 Å². The van der Waals surface area contributed by atoms with Crippen LogP contribution in [0.15, 0.2) is 12.7 Å². The SMILES string of the molecule is C=CCCCOC(C)CNC1CCCCC1. The molecule has 0 bridgehead atoms. The molecule has 1 unspecified atom stereocenters. The molecule has 1 saturated carbocycles. The monoisotopic (exact) mass is 225 g/mol. The summed E-state index contributed by atoms with van der Waals surface area (Å²) in [4.78, 5) is 0. The highest BCUT2D eigenvalue weighted by Crippen LogP contribution is 2.17. The van der Waals surface area contributed by atoms with E-state index in [0.717, 1.165) is 32.0 Å². The van der Waals surface area contributed by atoms with Gasteiger partial charge in [-0.15, -0.1) is 6.58 Å². The van der Waals surface area contributed by atoms with Crippen LogP contribution in [0.3, 0.4) is 0 Å². The van der Waals surface area contributed by atoms with Crippen molar-refractivity contribution in [3.8, 4) is 0 Å². The highest BCUT2D eigenvalue weighted by Gasteiger charge is 2.13. The fourth-order valence-electron chi connectivity index (χ4n) is 2.21. The summed E-state index contributed by atoms with van der Waals surface area (Å²) in [5.41, 5.74) is 0. The van der Waals surface area contributed by atoms with Crippen molar-refractivity contribution in [2.24, 2.45) is 0 Å². The molecule has 1 aliphatic carbocycles. The molecule has 1 aliphatic rings. The quantitative estimate of drug-likeness (QED) is 0.505. The average molecular weight is 225 g/mol. The molecule has 0 saturated heterocycles. The first-order valence-corrected chi connectivity index (χ1v) is 6.79. The Kier molecular flexibility index (Phi) is 7.52. The lowest BCUT2D eigenvalue weighted by Gasteiger charge is -2.24. The Morgan fingerprint density at radius 2 is 2.12 bits per heavy atom. The van der Waals surface area contributed by atoms with Gasteiger partial charge >= 0.3 is 0 Å². The predicted octanol–water partition coefficient (Wildman–Crippen LogP) is 3.28. The molecule has 2 nitrogen and oxygen atoms in total. The summed E-state index contributed by atoms with van der Waals surface area (Å²) in [6.07, 6.45) is 11.4. The zero-order valence-corrected chi connectivity index (χ0v) is 10.7. The molecule has 1 rings (SSSR count). The molecule has 0 amide bonds. The normalized spacial score (nSPS) is 19.6. The number of hydrogen-bond acceptors (Lipinski definition) is 2. The second-order valence-corrected chi connectivity index (χ2v) is 4.86. The van der Waals surface area contributed by atoms with Gasteiger partial charge in [0, 0.05) is 19.2 Å². The van der Waals surface area contributed by atoms with Crippen LogP contribution >= 0.6 is 0 Å². The molecule has 94 valence electrons. The summed E-state index contributed by atoms with van der Waals surface area (Å²) in [5, 5.41) is 3.62. The molecule has 0 aromatic rings.